The van der Waals surface area contributed by atoms with Gasteiger partial charge in [0.2, 0.25) is 15.8 Å². The Bertz CT molecular complexity index is 874. The lowest BCUT2D eigenvalue weighted by Gasteiger charge is -2.02. The maximum atomic E-state index is 11.6. The molecule has 2 N–H and O–H groups in total. The number of nitrogens with two attached hydrogens (primary N) is 1. The number of rotatable bonds is 3. The predicted octanol–water partition coefficient (Wildman–Crippen LogP) is 0.977. The van der Waals surface area contributed by atoms with E-state index in [2.05, 4.69) is 15.4 Å². The zero-order valence-electron chi connectivity index (χ0n) is 10.8. The van der Waals surface area contributed by atoms with Crippen molar-refractivity contribution < 1.29 is 8.42 Å². The number of hydrogen-bond donors (Lipinski definition) is 1. The largest absolute Gasteiger partial charge is 0.238 e. The van der Waals surface area contributed by atoms with E-state index >= 15 is 0 Å². The summed E-state index contributed by atoms with van der Waals surface area (Å²) in [5, 5.41) is 17.2. The van der Waals surface area contributed by atoms with E-state index in [0.717, 1.165) is 5.69 Å². The Morgan fingerprint density at radius 3 is 2.33 bits per heavy atom. The minimum Gasteiger partial charge on any atom is -0.225 e. The second-order valence-corrected chi connectivity index (χ2v) is 5.81. The van der Waals surface area contributed by atoms with Crippen LogP contribution >= 0.6 is 0 Å². The number of tetrazole rings is 1. The van der Waals surface area contributed by atoms with E-state index in [0.29, 0.717) is 5.56 Å². The zero-order valence-corrected chi connectivity index (χ0v) is 11.6. The Hall–Kier alpha value is -2.58. The molecule has 0 aliphatic heterocycles. The van der Waals surface area contributed by atoms with E-state index in [1.807, 2.05) is 30.3 Å². The van der Waals surface area contributed by atoms with Crippen molar-refractivity contribution in [1.29, 1.82) is 0 Å². The van der Waals surface area contributed by atoms with Crippen LogP contribution in [0.4, 0.5) is 0 Å². The van der Waals surface area contributed by atoms with E-state index in [4.69, 9.17) is 5.14 Å². The summed E-state index contributed by atoms with van der Waals surface area (Å²) in [5.41, 5.74) is 1.05. The molecule has 0 aliphatic carbocycles. The summed E-state index contributed by atoms with van der Waals surface area (Å²) < 4.78 is 23.2. The molecule has 3 aromatic rings. The van der Waals surface area contributed by atoms with Gasteiger partial charge in [-0.1, -0.05) is 30.3 Å². The lowest BCUT2D eigenvalue weighted by molar-refractivity contribution is 0.598. The molecule has 0 aliphatic rings. The standard InChI is InChI=1S/C13H11N5O2S/c14-21(19,20)12-9-5-4-8-11(12)13-15-17-18(16-13)10-6-2-1-3-7-10/h1-9H,(H2,14,19,20). The Balaban J connectivity index is 2.10. The number of hydrogen-bond acceptors (Lipinski definition) is 5. The van der Waals surface area contributed by atoms with Gasteiger partial charge in [-0.05, 0) is 29.5 Å². The third-order valence-electron chi connectivity index (χ3n) is 2.84. The van der Waals surface area contributed by atoms with Gasteiger partial charge in [0, 0.05) is 5.56 Å². The quantitative estimate of drug-likeness (QED) is 0.776. The minimum atomic E-state index is -3.85. The number of para-hydroxylation sites is 1. The van der Waals surface area contributed by atoms with Crippen molar-refractivity contribution in [1.82, 2.24) is 20.2 Å². The summed E-state index contributed by atoms with van der Waals surface area (Å²) in [6.07, 6.45) is 0. The van der Waals surface area contributed by atoms with Gasteiger partial charge >= 0.3 is 0 Å². The molecule has 1 aromatic heterocycles. The molecule has 7 nitrogen and oxygen atoms in total. The van der Waals surface area contributed by atoms with E-state index < -0.39 is 10.0 Å². The average Bonchev–Trinajstić information content (AvgIpc) is 2.97. The van der Waals surface area contributed by atoms with Gasteiger partial charge in [0.15, 0.2) is 0 Å². The summed E-state index contributed by atoms with van der Waals surface area (Å²) in [7, 11) is -3.85. The molecule has 21 heavy (non-hydrogen) atoms. The molecule has 0 unspecified atom stereocenters. The molecule has 0 radical (unpaired) electrons. The fourth-order valence-corrected chi connectivity index (χ4v) is 2.63. The molecule has 106 valence electrons. The van der Waals surface area contributed by atoms with Crippen LogP contribution in [-0.2, 0) is 10.0 Å². The SMILES string of the molecule is NS(=O)(=O)c1ccccc1-c1nnn(-c2ccccc2)n1. The summed E-state index contributed by atoms with van der Waals surface area (Å²) in [4.78, 5) is 1.30. The normalized spacial score (nSPS) is 11.5. The highest BCUT2D eigenvalue weighted by molar-refractivity contribution is 7.89. The maximum Gasteiger partial charge on any atom is 0.238 e. The van der Waals surface area contributed by atoms with Gasteiger partial charge in [0.05, 0.1) is 10.6 Å². The molecule has 0 spiro atoms. The molecule has 3 rings (SSSR count). The van der Waals surface area contributed by atoms with Crippen LogP contribution in [0.5, 0.6) is 0 Å². The van der Waals surface area contributed by atoms with Crippen LogP contribution < -0.4 is 5.14 Å². The van der Waals surface area contributed by atoms with E-state index in [1.54, 1.807) is 18.2 Å². The third-order valence-corrected chi connectivity index (χ3v) is 3.80. The van der Waals surface area contributed by atoms with Crippen LogP contribution in [-0.4, -0.2) is 28.6 Å². The molecule has 0 saturated heterocycles. The van der Waals surface area contributed by atoms with Crippen LogP contribution in [0.2, 0.25) is 0 Å². The molecule has 8 heteroatoms. The molecule has 0 atom stereocenters. The van der Waals surface area contributed by atoms with Crippen molar-refractivity contribution in [3.63, 3.8) is 0 Å². The van der Waals surface area contributed by atoms with Gasteiger partial charge < -0.3 is 0 Å². The Morgan fingerprint density at radius 2 is 1.62 bits per heavy atom. The molecule has 2 aromatic carbocycles. The number of sulfonamides is 1. The fraction of sp³-hybridized carbons (Fsp3) is 0. The fourth-order valence-electron chi connectivity index (χ4n) is 1.89. The Kier molecular flexibility index (Phi) is 3.24. The first-order chi connectivity index (χ1) is 10.1. The molecule has 1 heterocycles. The van der Waals surface area contributed by atoms with Crippen LogP contribution in [0.15, 0.2) is 59.5 Å². The van der Waals surface area contributed by atoms with Crippen LogP contribution in [0.1, 0.15) is 0 Å². The van der Waals surface area contributed by atoms with Gasteiger partial charge in [0.25, 0.3) is 0 Å². The van der Waals surface area contributed by atoms with Crippen LogP contribution in [0.25, 0.3) is 17.1 Å². The number of nitrogens with zero attached hydrogens (tertiary/aromatic N) is 4. The van der Waals surface area contributed by atoms with Gasteiger partial charge in [-0.15, -0.1) is 15.0 Å². The smallest absolute Gasteiger partial charge is 0.225 e. The molecule has 0 saturated carbocycles. The average molecular weight is 301 g/mol. The van der Waals surface area contributed by atoms with Crippen molar-refractivity contribution in [2.75, 3.05) is 0 Å². The highest BCUT2D eigenvalue weighted by Crippen LogP contribution is 2.23. The number of benzene rings is 2. The topological polar surface area (TPSA) is 104 Å². The summed E-state index contributed by atoms with van der Waals surface area (Å²) >= 11 is 0. The third kappa shape index (κ3) is 2.67. The zero-order chi connectivity index (χ0) is 14.9. The highest BCUT2D eigenvalue weighted by Gasteiger charge is 2.18. The lowest BCUT2D eigenvalue weighted by Crippen LogP contribution is -2.13. The lowest BCUT2D eigenvalue weighted by atomic mass is 10.2. The highest BCUT2D eigenvalue weighted by atomic mass is 32.2. The van der Waals surface area contributed by atoms with Crippen molar-refractivity contribution in [2.45, 2.75) is 4.90 Å². The Labute approximate surface area is 121 Å². The second kappa shape index (κ2) is 5.08. The van der Waals surface area contributed by atoms with Gasteiger partial charge in [-0.3, -0.25) is 0 Å². The number of aromatic nitrogens is 4. The van der Waals surface area contributed by atoms with Crippen LogP contribution in [0, 0.1) is 0 Å². The van der Waals surface area contributed by atoms with E-state index in [-0.39, 0.29) is 10.7 Å². The molecular formula is C13H11N5O2S. The first kappa shape index (κ1) is 13.4. The molecular weight excluding hydrogens is 290 g/mol. The monoisotopic (exact) mass is 301 g/mol. The predicted molar refractivity (Wildman–Crippen MR) is 76.0 cm³/mol. The summed E-state index contributed by atoms with van der Waals surface area (Å²) in [6, 6.07) is 15.5. The van der Waals surface area contributed by atoms with Crippen molar-refractivity contribution in [3.8, 4) is 17.1 Å². The van der Waals surface area contributed by atoms with Crippen molar-refractivity contribution in [2.24, 2.45) is 5.14 Å². The Morgan fingerprint density at radius 1 is 0.952 bits per heavy atom. The number of primary sulfonamides is 1. The van der Waals surface area contributed by atoms with Gasteiger partial charge in [-0.25, -0.2) is 13.6 Å². The van der Waals surface area contributed by atoms with Crippen LogP contribution in [0.3, 0.4) is 0 Å². The van der Waals surface area contributed by atoms with E-state index in [1.165, 1.54) is 10.9 Å². The van der Waals surface area contributed by atoms with Gasteiger partial charge in [-0.2, -0.15) is 0 Å². The first-order valence-electron chi connectivity index (χ1n) is 6.03. The minimum absolute atomic E-state index is 0.0300. The first-order valence-corrected chi connectivity index (χ1v) is 7.58. The summed E-state index contributed by atoms with van der Waals surface area (Å²) in [6.45, 7) is 0. The summed E-state index contributed by atoms with van der Waals surface area (Å²) in [5.74, 6) is 0.198. The van der Waals surface area contributed by atoms with E-state index in [9.17, 15) is 8.42 Å². The van der Waals surface area contributed by atoms with Crippen molar-refractivity contribution in [3.05, 3.63) is 54.6 Å². The molecule has 0 fully saturated rings. The second-order valence-electron chi connectivity index (χ2n) is 4.28. The van der Waals surface area contributed by atoms with Crippen molar-refractivity contribution >= 4 is 10.0 Å². The molecule has 0 bridgehead atoms. The van der Waals surface area contributed by atoms with Gasteiger partial charge in [0.1, 0.15) is 0 Å². The molecule has 0 amide bonds. The maximum absolute atomic E-state index is 11.6.